The van der Waals surface area contributed by atoms with Gasteiger partial charge in [-0.05, 0) is 48.7 Å². The lowest BCUT2D eigenvalue weighted by Gasteiger charge is -2.29. The molecular formula is C27H26Cl2N2O6. The van der Waals surface area contributed by atoms with E-state index in [1.54, 1.807) is 50.0 Å². The molecule has 2 N–H and O–H groups in total. The van der Waals surface area contributed by atoms with Crippen molar-refractivity contribution in [2.45, 2.75) is 25.8 Å². The van der Waals surface area contributed by atoms with E-state index in [1.165, 1.54) is 7.11 Å². The quantitative estimate of drug-likeness (QED) is 0.434. The van der Waals surface area contributed by atoms with Gasteiger partial charge in [-0.1, -0.05) is 35.3 Å². The molecule has 0 saturated carbocycles. The summed E-state index contributed by atoms with van der Waals surface area (Å²) in [4.78, 5) is 26.8. The summed E-state index contributed by atoms with van der Waals surface area (Å²) in [5, 5.41) is 0.685. The summed E-state index contributed by atoms with van der Waals surface area (Å²) in [6.45, 7) is 2.17. The molecule has 0 saturated heterocycles. The van der Waals surface area contributed by atoms with Crippen molar-refractivity contribution in [1.29, 1.82) is 0 Å². The summed E-state index contributed by atoms with van der Waals surface area (Å²) in [6.07, 6.45) is 0.537. The molecule has 8 nitrogen and oxygen atoms in total. The molecule has 4 rings (SSSR count). The number of fused-ring (bicyclic) bond motifs is 1. The van der Waals surface area contributed by atoms with E-state index in [2.05, 4.69) is 0 Å². The van der Waals surface area contributed by atoms with Gasteiger partial charge in [-0.15, -0.1) is 0 Å². The zero-order valence-corrected chi connectivity index (χ0v) is 22.3. The second-order valence-electron chi connectivity index (χ2n) is 8.43. The molecule has 3 aromatic rings. The lowest BCUT2D eigenvalue weighted by atomic mass is 9.83. The van der Waals surface area contributed by atoms with E-state index in [4.69, 9.17) is 47.9 Å². The molecule has 1 aromatic heterocycles. The average Bonchev–Trinajstić information content (AvgIpc) is 2.87. The molecule has 10 heteroatoms. The number of esters is 1. The number of halogens is 2. The average molecular weight is 545 g/mol. The molecule has 1 atom stereocenters. The summed E-state index contributed by atoms with van der Waals surface area (Å²) in [7, 11) is 4.37. The van der Waals surface area contributed by atoms with Gasteiger partial charge in [0.1, 0.15) is 11.3 Å². The van der Waals surface area contributed by atoms with Crippen molar-refractivity contribution in [1.82, 2.24) is 4.57 Å². The third-order valence-corrected chi connectivity index (χ3v) is 6.88. The summed E-state index contributed by atoms with van der Waals surface area (Å²) in [5.74, 6) is -0.322. The van der Waals surface area contributed by atoms with Crippen molar-refractivity contribution in [3.8, 4) is 17.2 Å². The van der Waals surface area contributed by atoms with Crippen LogP contribution in [0.4, 0.5) is 0 Å². The Morgan fingerprint density at radius 2 is 1.78 bits per heavy atom. The van der Waals surface area contributed by atoms with Crippen molar-refractivity contribution in [2.75, 3.05) is 21.3 Å². The maximum absolute atomic E-state index is 14.0. The van der Waals surface area contributed by atoms with Crippen LogP contribution in [-0.2, 0) is 22.5 Å². The van der Waals surface area contributed by atoms with Crippen LogP contribution in [0.25, 0.3) is 0 Å². The molecule has 0 fully saturated rings. The van der Waals surface area contributed by atoms with Gasteiger partial charge in [0, 0.05) is 28.4 Å². The number of ether oxygens (including phenoxy) is 4. The number of nitrogens with two attached hydrogens (primary N) is 1. The Bertz CT molecular complexity index is 1460. The van der Waals surface area contributed by atoms with E-state index in [1.807, 2.05) is 18.2 Å². The first-order chi connectivity index (χ1) is 17.7. The Morgan fingerprint density at radius 3 is 2.43 bits per heavy atom. The third-order valence-electron chi connectivity index (χ3n) is 6.32. The first-order valence-corrected chi connectivity index (χ1v) is 12.1. The van der Waals surface area contributed by atoms with Gasteiger partial charge in [-0.2, -0.15) is 0 Å². The van der Waals surface area contributed by atoms with Gasteiger partial charge in [0.15, 0.2) is 11.5 Å². The number of carbonyl (C=O) groups is 1. The van der Waals surface area contributed by atoms with E-state index in [-0.39, 0.29) is 33.4 Å². The van der Waals surface area contributed by atoms with Crippen LogP contribution < -0.4 is 25.5 Å². The van der Waals surface area contributed by atoms with Crippen molar-refractivity contribution in [3.63, 3.8) is 0 Å². The summed E-state index contributed by atoms with van der Waals surface area (Å²) < 4.78 is 23.1. The van der Waals surface area contributed by atoms with Crippen LogP contribution in [0.5, 0.6) is 17.2 Å². The van der Waals surface area contributed by atoms with E-state index < -0.39 is 11.9 Å². The van der Waals surface area contributed by atoms with Crippen molar-refractivity contribution in [3.05, 3.63) is 96.7 Å². The number of carbonyl (C=O) groups excluding carboxylic acids is 1. The molecule has 0 radical (unpaired) electrons. The molecule has 0 unspecified atom stereocenters. The van der Waals surface area contributed by atoms with Crippen LogP contribution in [-0.4, -0.2) is 31.9 Å². The van der Waals surface area contributed by atoms with Gasteiger partial charge in [0.25, 0.3) is 5.56 Å². The van der Waals surface area contributed by atoms with Gasteiger partial charge >= 0.3 is 5.97 Å². The molecule has 0 aliphatic carbocycles. The van der Waals surface area contributed by atoms with Gasteiger partial charge in [0.05, 0.1) is 32.8 Å². The molecule has 0 spiro atoms. The zero-order valence-electron chi connectivity index (χ0n) is 20.8. The molecule has 2 aromatic carbocycles. The second kappa shape index (κ2) is 10.8. The normalized spacial score (nSPS) is 14.6. The topological polar surface area (TPSA) is 102 Å². The van der Waals surface area contributed by atoms with E-state index in [0.29, 0.717) is 40.7 Å². The highest BCUT2D eigenvalue weighted by Crippen LogP contribution is 2.44. The first kappa shape index (κ1) is 26.4. The molecule has 194 valence electrons. The third kappa shape index (κ3) is 4.99. The Morgan fingerprint density at radius 1 is 1.05 bits per heavy atom. The fraction of sp³-hybridized carbons (Fsp3) is 0.259. The highest BCUT2D eigenvalue weighted by atomic mass is 35.5. The Hall–Kier alpha value is -3.62. The highest BCUT2D eigenvalue weighted by Gasteiger charge is 2.39. The Balaban J connectivity index is 1.83. The molecular weight excluding hydrogens is 519 g/mol. The number of hydrogen-bond donors (Lipinski definition) is 1. The van der Waals surface area contributed by atoms with Gasteiger partial charge in [-0.25, -0.2) is 4.79 Å². The van der Waals surface area contributed by atoms with Gasteiger partial charge < -0.3 is 29.2 Å². The number of aromatic nitrogens is 1. The van der Waals surface area contributed by atoms with E-state index in [0.717, 1.165) is 5.56 Å². The molecule has 0 bridgehead atoms. The zero-order chi connectivity index (χ0) is 26.9. The van der Waals surface area contributed by atoms with Crippen molar-refractivity contribution >= 4 is 29.2 Å². The fourth-order valence-electron chi connectivity index (χ4n) is 4.50. The number of rotatable bonds is 7. The maximum Gasteiger partial charge on any atom is 0.340 e. The second-order valence-corrected chi connectivity index (χ2v) is 9.27. The van der Waals surface area contributed by atoms with Crippen LogP contribution in [0.2, 0.25) is 10.0 Å². The predicted molar refractivity (Wildman–Crippen MR) is 141 cm³/mol. The SMILES string of the molecule is COC(=O)C1=C(N)Oc2cc(C)n(CCc3ccc(OC)c(OC)c3)c(=O)c2[C@H]1c1ccc(Cl)cc1Cl. The lowest BCUT2D eigenvalue weighted by Crippen LogP contribution is -2.35. The fourth-order valence-corrected chi connectivity index (χ4v) is 5.01. The molecule has 0 amide bonds. The predicted octanol–water partition coefficient (Wildman–Crippen LogP) is 4.59. The van der Waals surface area contributed by atoms with Crippen LogP contribution in [0, 0.1) is 6.92 Å². The van der Waals surface area contributed by atoms with Crippen LogP contribution in [0.3, 0.4) is 0 Å². The monoisotopic (exact) mass is 544 g/mol. The summed E-state index contributed by atoms with van der Waals surface area (Å²) in [5.41, 5.74) is 8.15. The maximum atomic E-state index is 14.0. The minimum absolute atomic E-state index is 0.00776. The number of hydrogen-bond acceptors (Lipinski definition) is 7. The van der Waals surface area contributed by atoms with Gasteiger partial charge in [0.2, 0.25) is 5.88 Å². The number of aryl methyl sites for hydroxylation is 2. The summed E-state index contributed by atoms with van der Waals surface area (Å²) in [6, 6.07) is 12.2. The highest BCUT2D eigenvalue weighted by molar-refractivity contribution is 6.35. The first-order valence-electron chi connectivity index (χ1n) is 11.4. The molecule has 1 aliphatic rings. The van der Waals surface area contributed by atoms with Crippen LogP contribution in [0.15, 0.2) is 58.7 Å². The largest absolute Gasteiger partial charge is 0.493 e. The minimum atomic E-state index is -0.915. The van der Waals surface area contributed by atoms with Crippen molar-refractivity contribution in [2.24, 2.45) is 5.73 Å². The molecule has 37 heavy (non-hydrogen) atoms. The smallest absolute Gasteiger partial charge is 0.340 e. The van der Waals surface area contributed by atoms with Crippen LogP contribution in [0.1, 0.15) is 28.3 Å². The number of benzene rings is 2. The van der Waals surface area contributed by atoms with E-state index >= 15 is 0 Å². The molecule has 1 aliphatic heterocycles. The standard InChI is InChI=1S/C27H26Cl2N2O6/c1-14-11-21-23(26(32)31(14)10-9-15-5-8-19(34-2)20(12-15)35-3)22(17-7-6-16(28)13-18(17)29)24(25(30)37-21)27(33)36-4/h5-8,11-13,22H,9-10,30H2,1-4H3/t22-/m1/s1. The number of pyridine rings is 1. The van der Waals surface area contributed by atoms with Gasteiger partial charge in [-0.3, -0.25) is 4.79 Å². The van der Waals surface area contributed by atoms with Crippen molar-refractivity contribution < 1.29 is 23.7 Å². The van der Waals surface area contributed by atoms with E-state index in [9.17, 15) is 9.59 Å². The number of methoxy groups -OCH3 is 3. The minimum Gasteiger partial charge on any atom is -0.493 e. The summed E-state index contributed by atoms with van der Waals surface area (Å²) >= 11 is 12.6. The Kier molecular flexibility index (Phi) is 7.71. The van der Waals surface area contributed by atoms with Crippen LogP contribution >= 0.6 is 23.2 Å². The molecule has 2 heterocycles. The Labute approximate surface area is 224 Å². The number of nitrogens with zero attached hydrogens (tertiary/aromatic N) is 1. The lowest BCUT2D eigenvalue weighted by molar-refractivity contribution is -0.136.